The molecule has 0 bridgehead atoms. The maximum absolute atomic E-state index is 12.6. The van der Waals surface area contributed by atoms with Gasteiger partial charge in [0.2, 0.25) is 5.13 Å². The molecule has 4 heterocycles. The Bertz CT molecular complexity index is 3910. The van der Waals surface area contributed by atoms with Crippen LogP contribution in [0.1, 0.15) is 99.4 Å². The Kier molecular flexibility index (Phi) is 13.5. The minimum atomic E-state index is -4.69. The number of aryl methyl sites for hydroxylation is 3. The van der Waals surface area contributed by atoms with E-state index in [0.717, 1.165) is 16.0 Å². The molecule has 4 N–H and O–H groups in total. The zero-order chi connectivity index (χ0) is 52.6. The molecule has 0 saturated carbocycles. The van der Waals surface area contributed by atoms with Crippen LogP contribution in [0.25, 0.3) is 25.6 Å². The first-order chi connectivity index (χ1) is 33.5. The van der Waals surface area contributed by atoms with Gasteiger partial charge in [-0.25, -0.2) is 15.0 Å². The van der Waals surface area contributed by atoms with Crippen LogP contribution >= 0.6 is 22.7 Å². The predicted molar refractivity (Wildman–Crippen MR) is 278 cm³/mol. The molecule has 0 fully saturated rings. The van der Waals surface area contributed by atoms with Gasteiger partial charge in [0.25, 0.3) is 30.4 Å². The summed E-state index contributed by atoms with van der Waals surface area (Å²) in [7, 11) is -13.9. The summed E-state index contributed by atoms with van der Waals surface area (Å²) in [6.07, 6.45) is 0. The number of hydrogen-bond acceptors (Lipinski definition) is 17. The van der Waals surface area contributed by atoms with Crippen molar-refractivity contribution in [3.63, 3.8) is 0 Å². The fourth-order valence-electron chi connectivity index (χ4n) is 8.09. The van der Waals surface area contributed by atoms with Crippen LogP contribution in [0.2, 0.25) is 0 Å². The van der Waals surface area contributed by atoms with E-state index in [4.69, 9.17) is 30.3 Å². The molecular weight excluding hydrogens is 1020 g/mol. The number of azo groups is 1. The number of aromatic nitrogens is 5. The molecular formula is C48H48N10O9S5. The molecule has 374 valence electrons. The maximum Gasteiger partial charge on any atom is 0.294 e. The molecule has 24 heteroatoms. The second-order valence-electron chi connectivity index (χ2n) is 18.7. The zero-order valence-corrected chi connectivity index (χ0v) is 44.5. The molecule has 4 aromatic carbocycles. The lowest BCUT2D eigenvalue weighted by Crippen LogP contribution is -2.17. The van der Waals surface area contributed by atoms with Gasteiger partial charge in [-0.2, -0.15) is 40.3 Å². The average molecular weight is 1070 g/mol. The van der Waals surface area contributed by atoms with E-state index < -0.39 is 35.8 Å². The van der Waals surface area contributed by atoms with Crippen molar-refractivity contribution < 1.29 is 38.9 Å². The van der Waals surface area contributed by atoms with E-state index in [2.05, 4.69) is 11.4 Å². The molecule has 72 heavy (non-hydrogen) atoms. The second kappa shape index (κ2) is 18.8. The van der Waals surface area contributed by atoms with Gasteiger partial charge in [0, 0.05) is 11.1 Å². The minimum Gasteiger partial charge on any atom is -0.338 e. The van der Waals surface area contributed by atoms with E-state index in [9.17, 15) is 44.2 Å². The highest BCUT2D eigenvalue weighted by atomic mass is 32.2. The number of para-hydroxylation sites is 1. The normalized spacial score (nSPS) is 12.8. The number of benzene rings is 4. The van der Waals surface area contributed by atoms with Crippen molar-refractivity contribution in [2.75, 3.05) is 10.2 Å². The Morgan fingerprint density at radius 3 is 1.92 bits per heavy atom. The molecule has 0 aliphatic heterocycles. The number of hydrogen-bond donors (Lipinski definition) is 4. The fraction of sp³-hybridized carbons (Fsp3) is 0.271. The van der Waals surface area contributed by atoms with Crippen LogP contribution < -0.4 is 10.2 Å². The van der Waals surface area contributed by atoms with Crippen molar-refractivity contribution in [2.45, 2.75) is 101 Å². The van der Waals surface area contributed by atoms with E-state index in [1.807, 2.05) is 72.7 Å². The topological polar surface area (TPSA) is 283 Å². The van der Waals surface area contributed by atoms with Crippen molar-refractivity contribution in [3.8, 4) is 11.2 Å². The third-order valence-electron chi connectivity index (χ3n) is 11.6. The number of pyridine rings is 1. The highest BCUT2D eigenvalue weighted by molar-refractivity contribution is 7.86. The van der Waals surface area contributed by atoms with Gasteiger partial charge < -0.3 is 5.32 Å². The number of nitriles is 1. The Morgan fingerprint density at radius 1 is 0.708 bits per heavy atom. The average Bonchev–Trinajstić information content (AvgIpc) is 4.01. The number of fused-ring (bicyclic) bond motifs is 2. The van der Waals surface area contributed by atoms with E-state index in [0.29, 0.717) is 65.8 Å². The summed E-state index contributed by atoms with van der Waals surface area (Å²) >= 11 is 2.41. The van der Waals surface area contributed by atoms with Crippen LogP contribution in [0.4, 0.5) is 39.6 Å². The first-order valence-corrected chi connectivity index (χ1v) is 28.0. The van der Waals surface area contributed by atoms with Crippen LogP contribution in [-0.2, 0) is 35.8 Å². The lowest BCUT2D eigenvalue weighted by Gasteiger charge is -2.29. The highest BCUT2D eigenvalue weighted by Crippen LogP contribution is 2.48. The van der Waals surface area contributed by atoms with Crippen LogP contribution in [-0.4, -0.2) is 63.6 Å². The highest BCUT2D eigenvalue weighted by Gasteiger charge is 2.31. The van der Waals surface area contributed by atoms with E-state index in [-0.39, 0.29) is 60.4 Å². The van der Waals surface area contributed by atoms with Crippen molar-refractivity contribution in [3.05, 3.63) is 112 Å². The van der Waals surface area contributed by atoms with Gasteiger partial charge in [-0.15, -0.1) is 10.2 Å². The third-order valence-corrected chi connectivity index (χ3v) is 16.1. The molecule has 8 aromatic rings. The summed E-state index contributed by atoms with van der Waals surface area (Å²) in [5.41, 5.74) is 4.24. The maximum atomic E-state index is 12.6. The minimum absolute atomic E-state index is 0.0667. The molecule has 0 aliphatic carbocycles. The lowest BCUT2D eigenvalue weighted by atomic mass is 9.90. The molecule has 19 nitrogen and oxygen atoms in total. The Labute approximate surface area is 424 Å². The molecule has 0 radical (unpaired) electrons. The quantitative estimate of drug-likeness (QED) is 0.0616. The largest absolute Gasteiger partial charge is 0.338 e. The number of nitrogens with one attached hydrogen (secondary N) is 1. The summed E-state index contributed by atoms with van der Waals surface area (Å²) in [5, 5.41) is 29.2. The van der Waals surface area contributed by atoms with E-state index in [1.165, 1.54) is 58.5 Å². The van der Waals surface area contributed by atoms with Crippen molar-refractivity contribution in [2.24, 2.45) is 10.2 Å². The Balaban J connectivity index is 1.44. The van der Waals surface area contributed by atoms with Crippen LogP contribution in [0.5, 0.6) is 0 Å². The standard InChI is InChI=1S/C48H48N10O9S5/c1-24(2)32-20-30(71(62,63)64)17-26(5)40(32)53-44-41(54-55-45-34(23-49)43(48(8,9)10)56-58(45)47-51-35-13-11-12-14-37(35)68-47)27(6)19-39(52-44)57(42-28(7)18-31(72(65,66)67)21-33(42)25(3)4)46-50-36-16-15-29(70(59,60)61)22-38(36)69-46/h11-22,24-25H,1-10H3,(H,52,53)(H,59,60,61)(H,62,63,64)(H,65,66,67). The first-order valence-electron chi connectivity index (χ1n) is 22.1. The van der Waals surface area contributed by atoms with Crippen LogP contribution in [0.15, 0.2) is 97.7 Å². The number of nitrogens with zero attached hydrogens (tertiary/aromatic N) is 9. The molecule has 0 amide bonds. The van der Waals surface area contributed by atoms with Gasteiger partial charge >= 0.3 is 0 Å². The molecule has 4 aromatic heterocycles. The Hall–Kier alpha value is -6.56. The predicted octanol–water partition coefficient (Wildman–Crippen LogP) is 12.2. The Morgan fingerprint density at radius 2 is 1.32 bits per heavy atom. The molecule has 0 unspecified atom stereocenters. The van der Waals surface area contributed by atoms with Gasteiger partial charge in [0.1, 0.15) is 23.1 Å². The smallest absolute Gasteiger partial charge is 0.294 e. The van der Waals surface area contributed by atoms with Gasteiger partial charge in [0.15, 0.2) is 16.8 Å². The number of thiazole rings is 2. The monoisotopic (exact) mass is 1070 g/mol. The molecule has 0 aliphatic rings. The SMILES string of the molecule is Cc1cc(N(c2nc3ccc(S(=O)(=O)O)cc3s2)c2c(C)cc(S(=O)(=O)O)cc2C(C)C)nc(Nc2c(C)cc(S(=O)(=O)O)cc2C(C)C)c1N=Nc1c(C#N)c(C(C)(C)C)nn1-c1nc2ccccc2s1. The third kappa shape index (κ3) is 10.1. The summed E-state index contributed by atoms with van der Waals surface area (Å²) in [6.45, 7) is 18.2. The summed E-state index contributed by atoms with van der Waals surface area (Å²) in [5.74, 6) is -0.358. The van der Waals surface area contributed by atoms with Gasteiger partial charge in [0.05, 0.1) is 46.5 Å². The van der Waals surface area contributed by atoms with Gasteiger partial charge in [-0.1, -0.05) is 83.3 Å². The van der Waals surface area contributed by atoms with Crippen molar-refractivity contribution in [1.82, 2.24) is 24.7 Å². The molecule has 8 rings (SSSR count). The van der Waals surface area contributed by atoms with Crippen molar-refractivity contribution >= 4 is 113 Å². The molecule has 0 spiro atoms. The summed E-state index contributed by atoms with van der Waals surface area (Å²) in [4.78, 5) is 15.5. The second-order valence-corrected chi connectivity index (χ2v) is 25.0. The van der Waals surface area contributed by atoms with E-state index in [1.54, 1.807) is 31.7 Å². The van der Waals surface area contributed by atoms with Crippen LogP contribution in [0, 0.1) is 32.1 Å². The molecule has 0 saturated heterocycles. The van der Waals surface area contributed by atoms with Crippen LogP contribution in [0.3, 0.4) is 0 Å². The fourth-order valence-corrected chi connectivity index (χ4v) is 11.8. The zero-order valence-electron chi connectivity index (χ0n) is 40.4. The van der Waals surface area contributed by atoms with Crippen molar-refractivity contribution in [1.29, 1.82) is 5.26 Å². The summed E-state index contributed by atoms with van der Waals surface area (Å²) < 4.78 is 108. The number of rotatable bonds is 13. The first kappa shape index (κ1) is 51.8. The summed E-state index contributed by atoms with van der Waals surface area (Å²) in [6, 6.07) is 20.8. The number of anilines is 5. The van der Waals surface area contributed by atoms with Gasteiger partial charge in [-0.05, 0) is 121 Å². The van der Waals surface area contributed by atoms with E-state index >= 15 is 0 Å². The molecule has 0 atom stereocenters. The lowest BCUT2D eigenvalue weighted by molar-refractivity contribution is 0.480. The van der Waals surface area contributed by atoms with Gasteiger partial charge in [-0.3, -0.25) is 18.6 Å².